The minimum absolute atomic E-state index is 0.177. The Morgan fingerprint density at radius 2 is 1.84 bits per heavy atom. The number of benzene rings is 1. The van der Waals surface area contributed by atoms with E-state index in [1.165, 1.54) is 19.1 Å². The number of nitrogens with one attached hydrogen (secondary N) is 1. The van der Waals surface area contributed by atoms with Gasteiger partial charge in [-0.05, 0) is 39.8 Å². The van der Waals surface area contributed by atoms with Gasteiger partial charge in [-0.2, -0.15) is 0 Å². The van der Waals surface area contributed by atoms with Gasteiger partial charge >= 0.3 is 6.09 Å². The number of rotatable bonds is 1. The molecule has 0 saturated carbocycles. The molecule has 1 N–H and O–H groups in total. The Morgan fingerprint density at radius 1 is 1.32 bits per heavy atom. The fraction of sp³-hybridized carbons (Fsp3) is 0.500. The summed E-state index contributed by atoms with van der Waals surface area (Å²) in [6, 6.07) is 2.64. The van der Waals surface area contributed by atoms with E-state index in [2.05, 4.69) is 5.32 Å². The molecular formula is C14H21ClFNO2. The molecule has 0 unspecified atom stereocenters. The lowest BCUT2D eigenvalue weighted by atomic mass is 10.2. The number of ether oxygens (including phenoxy) is 1. The number of anilines is 1. The van der Waals surface area contributed by atoms with Crippen LogP contribution in [0.3, 0.4) is 0 Å². The first-order chi connectivity index (χ1) is 8.70. The Morgan fingerprint density at radius 3 is 2.32 bits per heavy atom. The number of hydrogen-bond acceptors (Lipinski definition) is 2. The van der Waals surface area contributed by atoms with E-state index in [1.54, 1.807) is 20.8 Å². The summed E-state index contributed by atoms with van der Waals surface area (Å²) in [6.07, 6.45) is -0.620. The summed E-state index contributed by atoms with van der Waals surface area (Å²) in [7, 11) is 0. The SMILES string of the molecule is CC.Cc1c(F)ccc(NC(=O)OC(C)(C)C)c1Cl. The van der Waals surface area contributed by atoms with Crippen LogP contribution in [0.5, 0.6) is 0 Å². The highest BCUT2D eigenvalue weighted by Gasteiger charge is 2.17. The first-order valence-electron chi connectivity index (χ1n) is 6.15. The Balaban J connectivity index is 0.00000154. The quantitative estimate of drug-likeness (QED) is 0.775. The van der Waals surface area contributed by atoms with Crippen LogP contribution in [-0.2, 0) is 4.74 Å². The van der Waals surface area contributed by atoms with Crippen LogP contribution in [0, 0.1) is 12.7 Å². The van der Waals surface area contributed by atoms with Crippen molar-refractivity contribution in [3.63, 3.8) is 0 Å². The topological polar surface area (TPSA) is 38.3 Å². The van der Waals surface area contributed by atoms with E-state index >= 15 is 0 Å². The molecule has 1 aromatic rings. The predicted octanol–water partition coefficient (Wildman–Crippen LogP) is 5.16. The molecule has 1 rings (SSSR count). The molecular weight excluding hydrogens is 269 g/mol. The van der Waals surface area contributed by atoms with Crippen LogP contribution in [0.1, 0.15) is 40.2 Å². The minimum atomic E-state index is -0.620. The second kappa shape index (κ2) is 7.34. The van der Waals surface area contributed by atoms with Gasteiger partial charge in [-0.1, -0.05) is 25.4 Å². The third-order valence-electron chi connectivity index (χ3n) is 1.96. The van der Waals surface area contributed by atoms with Gasteiger partial charge in [0, 0.05) is 5.56 Å². The summed E-state index contributed by atoms with van der Waals surface area (Å²) in [4.78, 5) is 11.5. The van der Waals surface area contributed by atoms with E-state index in [4.69, 9.17) is 16.3 Å². The standard InChI is InChI=1S/C12H15ClFNO2.C2H6/c1-7-8(14)5-6-9(10(7)13)15-11(16)17-12(2,3)4;1-2/h5-6H,1-4H3,(H,15,16);1-2H3. The van der Waals surface area contributed by atoms with Crippen molar-refractivity contribution in [2.45, 2.75) is 47.1 Å². The maximum Gasteiger partial charge on any atom is 0.412 e. The number of amides is 1. The highest BCUT2D eigenvalue weighted by atomic mass is 35.5. The van der Waals surface area contributed by atoms with E-state index < -0.39 is 17.5 Å². The summed E-state index contributed by atoms with van der Waals surface area (Å²) >= 11 is 5.90. The monoisotopic (exact) mass is 289 g/mol. The van der Waals surface area contributed by atoms with E-state index in [9.17, 15) is 9.18 Å². The van der Waals surface area contributed by atoms with Gasteiger partial charge < -0.3 is 4.74 Å². The molecule has 3 nitrogen and oxygen atoms in total. The summed E-state index contributed by atoms with van der Waals surface area (Å²) in [5, 5.41) is 2.65. The third kappa shape index (κ3) is 5.92. The molecule has 0 saturated heterocycles. The van der Waals surface area contributed by atoms with Crippen LogP contribution in [-0.4, -0.2) is 11.7 Å². The number of carbonyl (C=O) groups excluding carboxylic acids is 1. The molecule has 0 bridgehead atoms. The molecule has 19 heavy (non-hydrogen) atoms. The van der Waals surface area contributed by atoms with Gasteiger partial charge in [0.2, 0.25) is 0 Å². The second-order valence-corrected chi connectivity index (χ2v) is 5.04. The summed E-state index contributed by atoms with van der Waals surface area (Å²) < 4.78 is 18.2. The Bertz CT molecular complexity index is 442. The van der Waals surface area contributed by atoms with Crippen LogP contribution in [0.2, 0.25) is 5.02 Å². The molecule has 0 radical (unpaired) electrons. The highest BCUT2D eigenvalue weighted by Crippen LogP contribution is 2.27. The average Bonchev–Trinajstić information content (AvgIpc) is 2.30. The maximum absolute atomic E-state index is 13.1. The molecule has 0 fully saturated rings. The van der Waals surface area contributed by atoms with E-state index in [0.29, 0.717) is 11.3 Å². The number of hydrogen-bond donors (Lipinski definition) is 1. The Hall–Kier alpha value is -1.29. The highest BCUT2D eigenvalue weighted by molar-refractivity contribution is 6.34. The van der Waals surface area contributed by atoms with Crippen molar-refractivity contribution < 1.29 is 13.9 Å². The smallest absolute Gasteiger partial charge is 0.412 e. The van der Waals surface area contributed by atoms with Crippen LogP contribution >= 0.6 is 11.6 Å². The molecule has 0 aromatic heterocycles. The molecule has 1 amide bonds. The molecule has 0 aliphatic heterocycles. The predicted molar refractivity (Wildman–Crippen MR) is 77.4 cm³/mol. The normalized spacial score (nSPS) is 10.3. The van der Waals surface area contributed by atoms with Gasteiger partial charge in [0.25, 0.3) is 0 Å². The van der Waals surface area contributed by atoms with Crippen molar-refractivity contribution in [1.29, 1.82) is 0 Å². The Labute approximate surface area is 119 Å². The molecule has 0 spiro atoms. The van der Waals surface area contributed by atoms with E-state index in [0.717, 1.165) is 0 Å². The zero-order chi connectivity index (χ0) is 15.2. The lowest BCUT2D eigenvalue weighted by Crippen LogP contribution is -2.27. The summed E-state index contributed by atoms with van der Waals surface area (Å²) in [5.74, 6) is -0.412. The van der Waals surface area contributed by atoms with Gasteiger partial charge in [-0.25, -0.2) is 9.18 Å². The van der Waals surface area contributed by atoms with Gasteiger partial charge in [-0.15, -0.1) is 0 Å². The van der Waals surface area contributed by atoms with Gasteiger partial charge in [0.05, 0.1) is 10.7 Å². The largest absolute Gasteiger partial charge is 0.444 e. The zero-order valence-corrected chi connectivity index (χ0v) is 13.0. The molecule has 0 heterocycles. The van der Waals surface area contributed by atoms with Crippen molar-refractivity contribution in [1.82, 2.24) is 0 Å². The van der Waals surface area contributed by atoms with E-state index in [1.807, 2.05) is 13.8 Å². The maximum atomic E-state index is 13.1. The molecule has 1 aromatic carbocycles. The first-order valence-corrected chi connectivity index (χ1v) is 6.53. The number of halogens is 2. The van der Waals surface area contributed by atoms with Crippen LogP contribution in [0.15, 0.2) is 12.1 Å². The van der Waals surface area contributed by atoms with Crippen LogP contribution in [0.25, 0.3) is 0 Å². The Kier molecular flexibility index (Phi) is 6.84. The lowest BCUT2D eigenvalue weighted by Gasteiger charge is -2.20. The minimum Gasteiger partial charge on any atom is -0.444 e. The molecule has 5 heteroatoms. The third-order valence-corrected chi connectivity index (χ3v) is 2.44. The first kappa shape index (κ1) is 17.7. The molecule has 0 aliphatic rings. The molecule has 108 valence electrons. The molecule has 0 atom stereocenters. The van der Waals surface area contributed by atoms with Crippen LogP contribution < -0.4 is 5.32 Å². The van der Waals surface area contributed by atoms with E-state index in [-0.39, 0.29) is 5.02 Å². The van der Waals surface area contributed by atoms with Gasteiger partial charge in [0.15, 0.2) is 0 Å². The lowest BCUT2D eigenvalue weighted by molar-refractivity contribution is 0.0636. The number of carbonyl (C=O) groups is 1. The fourth-order valence-corrected chi connectivity index (χ4v) is 1.37. The fourth-order valence-electron chi connectivity index (χ4n) is 1.17. The zero-order valence-electron chi connectivity index (χ0n) is 12.2. The van der Waals surface area contributed by atoms with Crippen molar-refractivity contribution in [2.75, 3.05) is 5.32 Å². The summed E-state index contributed by atoms with van der Waals surface area (Å²) in [6.45, 7) is 10.8. The van der Waals surface area contributed by atoms with Crippen molar-refractivity contribution >= 4 is 23.4 Å². The van der Waals surface area contributed by atoms with Gasteiger partial charge in [0.1, 0.15) is 11.4 Å². The van der Waals surface area contributed by atoms with Crippen LogP contribution in [0.4, 0.5) is 14.9 Å². The average molecular weight is 290 g/mol. The van der Waals surface area contributed by atoms with Crippen molar-refractivity contribution in [3.8, 4) is 0 Å². The van der Waals surface area contributed by atoms with Crippen molar-refractivity contribution in [2.24, 2.45) is 0 Å². The summed E-state index contributed by atoms with van der Waals surface area (Å²) in [5.41, 5.74) is 0.0334. The molecule has 0 aliphatic carbocycles. The van der Waals surface area contributed by atoms with Crippen molar-refractivity contribution in [3.05, 3.63) is 28.5 Å². The van der Waals surface area contributed by atoms with Gasteiger partial charge in [-0.3, -0.25) is 5.32 Å². The second-order valence-electron chi connectivity index (χ2n) is 4.66.